The molecule has 0 saturated carbocycles. The number of pyridine rings is 1. The predicted molar refractivity (Wildman–Crippen MR) is 111 cm³/mol. The van der Waals surface area contributed by atoms with Crippen molar-refractivity contribution in [3.63, 3.8) is 0 Å². The van der Waals surface area contributed by atoms with Crippen LogP contribution in [0.2, 0.25) is 5.02 Å². The SMILES string of the molecule is CCOc1cc2c(Nc3ccc(F)c(Cl)c3)c(CCOC=O)cnc2cc1Br. The van der Waals surface area contributed by atoms with Crippen LogP contribution in [-0.2, 0) is 16.0 Å². The summed E-state index contributed by atoms with van der Waals surface area (Å²) in [6.07, 6.45) is 2.18. The molecule has 8 heteroatoms. The van der Waals surface area contributed by atoms with Crippen LogP contribution in [0.4, 0.5) is 15.8 Å². The lowest BCUT2D eigenvalue weighted by molar-refractivity contribution is -0.128. The zero-order valence-corrected chi connectivity index (χ0v) is 17.3. The number of carbonyl (C=O) groups excluding carboxylic acids is 1. The molecule has 0 aliphatic heterocycles. The van der Waals surface area contributed by atoms with Crippen molar-refractivity contribution in [3.05, 3.63) is 57.4 Å². The summed E-state index contributed by atoms with van der Waals surface area (Å²) in [6, 6.07) is 8.16. The molecule has 28 heavy (non-hydrogen) atoms. The molecule has 1 aromatic heterocycles. The normalized spacial score (nSPS) is 10.7. The molecule has 0 saturated heterocycles. The average Bonchev–Trinajstić information content (AvgIpc) is 2.67. The molecule has 0 bridgehead atoms. The van der Waals surface area contributed by atoms with Gasteiger partial charge < -0.3 is 14.8 Å². The molecular formula is C20H17BrClFN2O3. The van der Waals surface area contributed by atoms with Gasteiger partial charge in [0, 0.05) is 23.7 Å². The molecule has 2 aromatic carbocycles. The Morgan fingerprint density at radius 3 is 2.86 bits per heavy atom. The molecule has 0 atom stereocenters. The lowest BCUT2D eigenvalue weighted by atomic mass is 10.1. The fourth-order valence-electron chi connectivity index (χ4n) is 2.77. The van der Waals surface area contributed by atoms with Gasteiger partial charge in [-0.3, -0.25) is 9.78 Å². The fraction of sp³-hybridized carbons (Fsp3) is 0.200. The van der Waals surface area contributed by atoms with Crippen LogP contribution in [0.5, 0.6) is 5.75 Å². The summed E-state index contributed by atoms with van der Waals surface area (Å²) >= 11 is 9.41. The summed E-state index contributed by atoms with van der Waals surface area (Å²) in [4.78, 5) is 15.0. The first-order valence-corrected chi connectivity index (χ1v) is 9.71. The maximum atomic E-state index is 13.5. The quantitative estimate of drug-likeness (QED) is 0.343. The van der Waals surface area contributed by atoms with Gasteiger partial charge in [0.2, 0.25) is 0 Å². The number of nitrogens with one attached hydrogen (secondary N) is 1. The summed E-state index contributed by atoms with van der Waals surface area (Å²) in [7, 11) is 0. The van der Waals surface area contributed by atoms with Crippen molar-refractivity contribution in [1.29, 1.82) is 0 Å². The molecule has 1 heterocycles. The molecular weight excluding hydrogens is 451 g/mol. The molecule has 0 unspecified atom stereocenters. The van der Waals surface area contributed by atoms with Crippen molar-refractivity contribution < 1.29 is 18.7 Å². The van der Waals surface area contributed by atoms with Gasteiger partial charge in [-0.15, -0.1) is 0 Å². The highest BCUT2D eigenvalue weighted by Gasteiger charge is 2.14. The van der Waals surface area contributed by atoms with E-state index in [4.69, 9.17) is 21.1 Å². The highest BCUT2D eigenvalue weighted by Crippen LogP contribution is 2.36. The monoisotopic (exact) mass is 466 g/mol. The van der Waals surface area contributed by atoms with Crippen LogP contribution in [0, 0.1) is 5.82 Å². The number of anilines is 2. The van der Waals surface area contributed by atoms with Gasteiger partial charge >= 0.3 is 0 Å². The van der Waals surface area contributed by atoms with Crippen molar-refractivity contribution in [2.45, 2.75) is 13.3 Å². The zero-order chi connectivity index (χ0) is 20.1. The number of hydrogen-bond donors (Lipinski definition) is 1. The minimum Gasteiger partial charge on any atom is -0.493 e. The molecule has 0 fully saturated rings. The van der Waals surface area contributed by atoms with Crippen LogP contribution in [0.25, 0.3) is 10.9 Å². The average molecular weight is 468 g/mol. The van der Waals surface area contributed by atoms with E-state index in [1.807, 2.05) is 19.1 Å². The Morgan fingerprint density at radius 2 is 2.14 bits per heavy atom. The Bertz CT molecular complexity index is 1020. The molecule has 5 nitrogen and oxygen atoms in total. The first-order chi connectivity index (χ1) is 13.5. The lowest BCUT2D eigenvalue weighted by Crippen LogP contribution is -2.04. The van der Waals surface area contributed by atoms with Crippen LogP contribution >= 0.6 is 27.5 Å². The number of benzene rings is 2. The van der Waals surface area contributed by atoms with Gasteiger partial charge in [-0.05, 0) is 58.7 Å². The topological polar surface area (TPSA) is 60.5 Å². The smallest absolute Gasteiger partial charge is 0.293 e. The Hall–Kier alpha value is -2.38. The summed E-state index contributed by atoms with van der Waals surface area (Å²) in [5.41, 5.74) is 2.96. The van der Waals surface area contributed by atoms with Gasteiger partial charge in [-0.1, -0.05) is 11.6 Å². The fourth-order valence-corrected chi connectivity index (χ4v) is 3.40. The van der Waals surface area contributed by atoms with Crippen molar-refractivity contribution in [1.82, 2.24) is 4.98 Å². The van der Waals surface area contributed by atoms with Crippen LogP contribution in [0.1, 0.15) is 12.5 Å². The van der Waals surface area contributed by atoms with Gasteiger partial charge in [-0.25, -0.2) is 4.39 Å². The highest BCUT2D eigenvalue weighted by molar-refractivity contribution is 9.10. The molecule has 0 aliphatic carbocycles. The second-order valence-electron chi connectivity index (χ2n) is 5.86. The summed E-state index contributed by atoms with van der Waals surface area (Å²) in [6.45, 7) is 3.04. The maximum Gasteiger partial charge on any atom is 0.293 e. The van der Waals surface area contributed by atoms with Crippen molar-refractivity contribution >= 4 is 56.3 Å². The minimum atomic E-state index is -0.492. The number of aromatic nitrogens is 1. The molecule has 0 amide bonds. The lowest BCUT2D eigenvalue weighted by Gasteiger charge is -2.16. The van der Waals surface area contributed by atoms with Gasteiger partial charge in [0.25, 0.3) is 6.47 Å². The Labute approximate surface area is 174 Å². The molecule has 0 aliphatic rings. The highest BCUT2D eigenvalue weighted by atomic mass is 79.9. The number of ether oxygens (including phenoxy) is 2. The van der Waals surface area contributed by atoms with E-state index in [1.54, 1.807) is 12.3 Å². The number of halogens is 3. The van der Waals surface area contributed by atoms with Crippen molar-refractivity contribution in [2.24, 2.45) is 0 Å². The Balaban J connectivity index is 2.12. The van der Waals surface area contributed by atoms with Crippen LogP contribution in [0.15, 0.2) is 41.0 Å². The van der Waals surface area contributed by atoms with Gasteiger partial charge in [0.1, 0.15) is 11.6 Å². The van der Waals surface area contributed by atoms with Crippen LogP contribution in [-0.4, -0.2) is 24.7 Å². The second kappa shape index (κ2) is 9.21. The van der Waals surface area contributed by atoms with E-state index in [1.165, 1.54) is 12.1 Å². The molecule has 0 spiro atoms. The van der Waals surface area contributed by atoms with E-state index < -0.39 is 5.82 Å². The number of rotatable bonds is 8. The first kappa shape index (κ1) is 20.4. The molecule has 3 aromatic rings. The molecule has 3 rings (SSSR count). The Kier molecular flexibility index (Phi) is 6.70. The number of fused-ring (bicyclic) bond motifs is 1. The third-order valence-electron chi connectivity index (χ3n) is 4.05. The number of hydrogen-bond acceptors (Lipinski definition) is 5. The van der Waals surface area contributed by atoms with Crippen LogP contribution < -0.4 is 10.1 Å². The Morgan fingerprint density at radius 1 is 1.32 bits per heavy atom. The zero-order valence-electron chi connectivity index (χ0n) is 15.0. The number of carbonyl (C=O) groups is 1. The first-order valence-electron chi connectivity index (χ1n) is 8.54. The van der Waals surface area contributed by atoms with E-state index in [0.717, 1.165) is 26.6 Å². The predicted octanol–water partition coefficient (Wildman–Crippen LogP) is 5.65. The van der Waals surface area contributed by atoms with Crippen LogP contribution in [0.3, 0.4) is 0 Å². The number of nitrogens with zero attached hydrogens (tertiary/aromatic N) is 1. The van der Waals surface area contributed by atoms with Crippen molar-refractivity contribution in [2.75, 3.05) is 18.5 Å². The molecule has 1 N–H and O–H groups in total. The van der Waals surface area contributed by atoms with E-state index in [-0.39, 0.29) is 11.6 Å². The van der Waals surface area contributed by atoms with E-state index in [0.29, 0.717) is 30.9 Å². The summed E-state index contributed by atoms with van der Waals surface area (Å²) in [5, 5.41) is 4.13. The third kappa shape index (κ3) is 4.54. The van der Waals surface area contributed by atoms with E-state index in [2.05, 4.69) is 26.2 Å². The summed E-state index contributed by atoms with van der Waals surface area (Å²) < 4.78 is 24.8. The largest absolute Gasteiger partial charge is 0.493 e. The van der Waals surface area contributed by atoms with E-state index >= 15 is 0 Å². The standard InChI is InChI=1S/C20H17BrClFN2O3/c1-2-28-19-8-14-18(9-15(19)21)24-10-12(5-6-27-11-26)20(14)25-13-3-4-17(23)16(22)7-13/h3-4,7-11H,2,5-6H2,1H3,(H,24,25). The van der Waals surface area contributed by atoms with E-state index in [9.17, 15) is 9.18 Å². The summed E-state index contributed by atoms with van der Waals surface area (Å²) in [5.74, 6) is 0.187. The van der Waals surface area contributed by atoms with Gasteiger partial charge in [-0.2, -0.15) is 0 Å². The third-order valence-corrected chi connectivity index (χ3v) is 4.96. The minimum absolute atomic E-state index is 0.0203. The molecule has 146 valence electrons. The molecule has 0 radical (unpaired) electrons. The second-order valence-corrected chi connectivity index (χ2v) is 7.12. The van der Waals surface area contributed by atoms with Gasteiger partial charge in [0.05, 0.1) is 33.9 Å². The van der Waals surface area contributed by atoms with Crippen molar-refractivity contribution in [3.8, 4) is 5.75 Å². The maximum absolute atomic E-state index is 13.5. The van der Waals surface area contributed by atoms with Gasteiger partial charge in [0.15, 0.2) is 0 Å².